The van der Waals surface area contributed by atoms with E-state index in [1.54, 1.807) is 12.1 Å². The van der Waals surface area contributed by atoms with E-state index >= 15 is 0 Å². The lowest BCUT2D eigenvalue weighted by atomic mass is 9.91. The third-order valence-corrected chi connectivity index (χ3v) is 3.70. The maximum absolute atomic E-state index is 11.3. The first kappa shape index (κ1) is 13.8. The molecule has 0 saturated heterocycles. The van der Waals surface area contributed by atoms with Crippen molar-refractivity contribution in [3.05, 3.63) is 66.2 Å². The molecule has 4 nitrogen and oxygen atoms in total. The van der Waals surface area contributed by atoms with Gasteiger partial charge in [0.1, 0.15) is 0 Å². The fraction of sp³-hybridized carbons (Fsp3) is 0. The molecule has 0 atom stereocenters. The molecule has 0 aliphatic carbocycles. The van der Waals surface area contributed by atoms with Gasteiger partial charge in [0.15, 0.2) is 0 Å². The molecule has 4 heteroatoms. The van der Waals surface area contributed by atoms with Crippen molar-refractivity contribution in [1.29, 1.82) is 0 Å². The van der Waals surface area contributed by atoms with Crippen LogP contribution in [0.15, 0.2) is 60.3 Å². The van der Waals surface area contributed by atoms with Crippen molar-refractivity contribution in [2.24, 2.45) is 5.16 Å². The first-order valence-electron chi connectivity index (χ1n) is 6.68. The van der Waals surface area contributed by atoms with Crippen LogP contribution >= 0.6 is 0 Å². The molecule has 0 aromatic heterocycles. The Morgan fingerprint density at radius 2 is 1.82 bits per heavy atom. The van der Waals surface area contributed by atoms with E-state index in [1.807, 2.05) is 36.4 Å². The Hall–Kier alpha value is -3.14. The minimum absolute atomic E-state index is 0.00784. The topological polar surface area (TPSA) is 69.9 Å². The highest BCUT2D eigenvalue weighted by atomic mass is 16.4. The predicted molar refractivity (Wildman–Crippen MR) is 87.5 cm³/mol. The van der Waals surface area contributed by atoms with Gasteiger partial charge in [0.25, 0.3) is 0 Å². The molecule has 0 unspecified atom stereocenters. The number of rotatable bonds is 3. The molecule has 0 amide bonds. The van der Waals surface area contributed by atoms with Crippen LogP contribution in [0.25, 0.3) is 27.1 Å². The van der Waals surface area contributed by atoms with Crippen molar-refractivity contribution in [2.75, 3.05) is 0 Å². The average Bonchev–Trinajstić information content (AvgIpc) is 2.53. The van der Waals surface area contributed by atoms with Gasteiger partial charge >= 0.3 is 5.97 Å². The molecule has 22 heavy (non-hydrogen) atoms. The summed E-state index contributed by atoms with van der Waals surface area (Å²) >= 11 is 0. The second-order valence-electron chi connectivity index (χ2n) is 4.94. The predicted octanol–water partition coefficient (Wildman–Crippen LogP) is 3.90. The number of carboxylic acid groups (broad SMARTS) is 1. The molecule has 0 bridgehead atoms. The lowest BCUT2D eigenvalue weighted by Crippen LogP contribution is -2.00. The molecule has 0 aliphatic heterocycles. The highest BCUT2D eigenvalue weighted by molar-refractivity contribution is 6.23. The number of carboxylic acids is 1. The molecule has 3 rings (SSSR count). The highest BCUT2D eigenvalue weighted by Gasteiger charge is 2.15. The van der Waals surface area contributed by atoms with Crippen molar-refractivity contribution < 1.29 is 15.1 Å². The average molecular weight is 291 g/mol. The first-order valence-corrected chi connectivity index (χ1v) is 6.68. The lowest BCUT2D eigenvalue weighted by molar-refractivity contribution is -0.130. The van der Waals surface area contributed by atoms with E-state index in [2.05, 4.69) is 11.7 Å². The van der Waals surface area contributed by atoms with Gasteiger partial charge < -0.3 is 10.3 Å². The van der Waals surface area contributed by atoms with Gasteiger partial charge in [-0.2, -0.15) is 0 Å². The summed E-state index contributed by atoms with van der Waals surface area (Å²) in [6.45, 7) is 3.65. The van der Waals surface area contributed by atoms with E-state index < -0.39 is 5.97 Å². The molecule has 2 N–H and O–H groups in total. The normalized spacial score (nSPS) is 11.3. The standard InChI is InChI=1S/C18H13NO3/c1-11(18(20)21)14-8-4-6-13-9-12-5-2-3-7-15(12)16(10-19-22)17(13)14/h2-10,22H,1H2,(H,20,21). The van der Waals surface area contributed by atoms with Gasteiger partial charge in [-0.25, -0.2) is 4.79 Å². The minimum atomic E-state index is -1.08. The van der Waals surface area contributed by atoms with Crippen molar-refractivity contribution in [3.8, 4) is 0 Å². The van der Waals surface area contributed by atoms with Crippen LogP contribution in [0, 0.1) is 0 Å². The van der Waals surface area contributed by atoms with Gasteiger partial charge in [0.05, 0.1) is 11.8 Å². The fourth-order valence-corrected chi connectivity index (χ4v) is 2.72. The maximum atomic E-state index is 11.3. The Kier molecular flexibility index (Phi) is 3.35. The monoisotopic (exact) mass is 291 g/mol. The zero-order valence-corrected chi connectivity index (χ0v) is 11.7. The highest BCUT2D eigenvalue weighted by Crippen LogP contribution is 2.32. The van der Waals surface area contributed by atoms with Crippen LogP contribution in [0.1, 0.15) is 11.1 Å². The number of fused-ring (bicyclic) bond motifs is 2. The molecule has 3 aromatic rings. The van der Waals surface area contributed by atoms with Gasteiger partial charge in [-0.3, -0.25) is 0 Å². The number of hydrogen-bond acceptors (Lipinski definition) is 3. The Morgan fingerprint density at radius 3 is 2.55 bits per heavy atom. The fourth-order valence-electron chi connectivity index (χ4n) is 2.72. The van der Waals surface area contributed by atoms with E-state index in [4.69, 9.17) is 5.21 Å². The minimum Gasteiger partial charge on any atom is -0.478 e. The molecule has 0 saturated carbocycles. The summed E-state index contributed by atoms with van der Waals surface area (Å²) in [6.07, 6.45) is 1.34. The SMILES string of the molecule is C=C(C(=O)O)c1cccc2cc3ccccc3c(C=NO)c12. The Labute approximate surface area is 126 Å². The van der Waals surface area contributed by atoms with Gasteiger partial charge in [-0.05, 0) is 33.2 Å². The van der Waals surface area contributed by atoms with Crippen LogP contribution in [0.3, 0.4) is 0 Å². The summed E-state index contributed by atoms with van der Waals surface area (Å²) in [5, 5.41) is 24.9. The molecule has 0 heterocycles. The largest absolute Gasteiger partial charge is 0.478 e. The number of benzene rings is 3. The lowest BCUT2D eigenvalue weighted by Gasteiger charge is -2.12. The van der Waals surface area contributed by atoms with E-state index in [9.17, 15) is 9.90 Å². The number of oxime groups is 1. The second-order valence-corrected chi connectivity index (χ2v) is 4.94. The summed E-state index contributed by atoms with van der Waals surface area (Å²) in [7, 11) is 0. The molecule has 3 aromatic carbocycles. The smallest absolute Gasteiger partial charge is 0.335 e. The van der Waals surface area contributed by atoms with E-state index in [1.165, 1.54) is 6.21 Å². The van der Waals surface area contributed by atoms with Crippen molar-refractivity contribution in [2.45, 2.75) is 0 Å². The molecule has 108 valence electrons. The third-order valence-electron chi connectivity index (χ3n) is 3.70. The van der Waals surface area contributed by atoms with E-state index in [0.717, 1.165) is 16.2 Å². The molecular formula is C18H13NO3. The maximum Gasteiger partial charge on any atom is 0.335 e. The molecule has 0 spiro atoms. The van der Waals surface area contributed by atoms with Gasteiger partial charge in [0.2, 0.25) is 0 Å². The Balaban J connectivity index is 2.53. The van der Waals surface area contributed by atoms with Gasteiger partial charge in [-0.15, -0.1) is 0 Å². The van der Waals surface area contributed by atoms with Crippen LogP contribution in [0.5, 0.6) is 0 Å². The summed E-state index contributed by atoms with van der Waals surface area (Å²) in [5.41, 5.74) is 1.20. The molecular weight excluding hydrogens is 278 g/mol. The summed E-state index contributed by atoms with van der Waals surface area (Å²) < 4.78 is 0. The Bertz CT molecular complexity index is 942. The Morgan fingerprint density at radius 1 is 1.09 bits per heavy atom. The van der Waals surface area contributed by atoms with Crippen LogP contribution in [0.4, 0.5) is 0 Å². The van der Waals surface area contributed by atoms with Crippen molar-refractivity contribution >= 4 is 39.3 Å². The number of carbonyl (C=O) groups is 1. The number of nitrogens with zero attached hydrogens (tertiary/aromatic N) is 1. The molecule has 0 fully saturated rings. The van der Waals surface area contributed by atoms with E-state index in [0.29, 0.717) is 16.5 Å². The zero-order valence-electron chi connectivity index (χ0n) is 11.7. The first-order chi connectivity index (χ1) is 10.6. The van der Waals surface area contributed by atoms with Crippen molar-refractivity contribution in [1.82, 2.24) is 0 Å². The number of hydrogen-bond donors (Lipinski definition) is 2. The summed E-state index contributed by atoms with van der Waals surface area (Å²) in [6, 6.07) is 15.1. The van der Waals surface area contributed by atoms with Gasteiger partial charge in [0, 0.05) is 5.56 Å². The quantitative estimate of drug-likeness (QED) is 0.253. The van der Waals surface area contributed by atoms with Crippen LogP contribution < -0.4 is 0 Å². The molecule has 0 aliphatic rings. The summed E-state index contributed by atoms with van der Waals surface area (Å²) in [4.78, 5) is 11.3. The van der Waals surface area contributed by atoms with Crippen LogP contribution in [0.2, 0.25) is 0 Å². The summed E-state index contributed by atoms with van der Waals surface area (Å²) in [5.74, 6) is -1.08. The molecule has 0 radical (unpaired) electrons. The number of aliphatic carboxylic acids is 1. The van der Waals surface area contributed by atoms with Crippen molar-refractivity contribution in [3.63, 3.8) is 0 Å². The zero-order chi connectivity index (χ0) is 15.7. The van der Waals surface area contributed by atoms with Crippen LogP contribution in [-0.4, -0.2) is 22.5 Å². The van der Waals surface area contributed by atoms with E-state index in [-0.39, 0.29) is 5.57 Å². The van der Waals surface area contributed by atoms with Gasteiger partial charge in [-0.1, -0.05) is 54.2 Å². The third kappa shape index (κ3) is 2.11. The second kappa shape index (κ2) is 5.33. The van der Waals surface area contributed by atoms with Crippen LogP contribution in [-0.2, 0) is 4.79 Å².